The zero-order valence-electron chi connectivity index (χ0n) is 17.3. The molecule has 3 aromatic rings. The molecule has 0 saturated carbocycles. The first-order valence-corrected chi connectivity index (χ1v) is 9.93. The lowest BCUT2D eigenvalue weighted by Gasteiger charge is -2.28. The van der Waals surface area contributed by atoms with Gasteiger partial charge in [0.1, 0.15) is 17.1 Å². The Balaban J connectivity index is 1.66. The van der Waals surface area contributed by atoms with Crippen LogP contribution in [0.1, 0.15) is 17.5 Å². The van der Waals surface area contributed by atoms with Crippen molar-refractivity contribution >= 4 is 23.5 Å². The second-order valence-corrected chi connectivity index (χ2v) is 7.28. The van der Waals surface area contributed by atoms with Crippen molar-refractivity contribution in [2.45, 2.75) is 18.4 Å². The van der Waals surface area contributed by atoms with Crippen LogP contribution in [0, 0.1) is 0 Å². The van der Waals surface area contributed by atoms with Crippen molar-refractivity contribution in [2.75, 3.05) is 24.3 Å². The minimum absolute atomic E-state index is 0.00934. The number of anilines is 3. The Bertz CT molecular complexity index is 1010. The maximum atomic E-state index is 11.1. The van der Waals surface area contributed by atoms with E-state index in [2.05, 4.69) is 10.6 Å². The van der Waals surface area contributed by atoms with Gasteiger partial charge in [-0.05, 0) is 72.5 Å². The molecule has 0 spiro atoms. The molecule has 7 nitrogen and oxygen atoms in total. The minimum Gasteiger partial charge on any atom is -0.506 e. The summed E-state index contributed by atoms with van der Waals surface area (Å²) in [6.45, 7) is 0.00934. The van der Waals surface area contributed by atoms with Crippen LogP contribution in [0.2, 0.25) is 0 Å². The maximum Gasteiger partial charge on any atom is 0.211 e. The summed E-state index contributed by atoms with van der Waals surface area (Å²) in [5.41, 5.74) is 8.32. The zero-order chi connectivity index (χ0) is 22.3. The Morgan fingerprint density at radius 1 is 1.03 bits per heavy atom. The number of aryl methyl sites for hydroxylation is 1. The highest BCUT2D eigenvalue weighted by atomic mass is 16.5. The summed E-state index contributed by atoms with van der Waals surface area (Å²) < 4.78 is 5.17. The van der Waals surface area contributed by atoms with Crippen LogP contribution < -0.4 is 21.1 Å². The predicted molar refractivity (Wildman–Crippen MR) is 122 cm³/mol. The Kier molecular flexibility index (Phi) is 7.12. The van der Waals surface area contributed by atoms with Crippen LogP contribution >= 0.6 is 0 Å². The summed E-state index contributed by atoms with van der Waals surface area (Å²) in [4.78, 5) is 10.7. The van der Waals surface area contributed by atoms with Crippen molar-refractivity contribution in [3.8, 4) is 11.5 Å². The fourth-order valence-corrected chi connectivity index (χ4v) is 3.32. The number of nitrogens with two attached hydrogens (primary N) is 1. The highest BCUT2D eigenvalue weighted by molar-refractivity contribution is 5.75. The molecule has 0 aromatic heterocycles. The summed E-state index contributed by atoms with van der Waals surface area (Å²) in [5.74, 6) is 0.728. The van der Waals surface area contributed by atoms with Gasteiger partial charge in [-0.25, -0.2) is 0 Å². The molecule has 0 radical (unpaired) electrons. The number of carbonyl (C=O) groups is 1. The number of carbonyl (C=O) groups excluding carboxylic acids is 1. The number of nitrogens with one attached hydrogen (secondary N) is 2. The largest absolute Gasteiger partial charge is 0.506 e. The lowest BCUT2D eigenvalue weighted by Crippen LogP contribution is -2.35. The van der Waals surface area contributed by atoms with Gasteiger partial charge in [0.15, 0.2) is 0 Å². The van der Waals surface area contributed by atoms with Crippen LogP contribution in [0.4, 0.5) is 17.1 Å². The van der Waals surface area contributed by atoms with Crippen molar-refractivity contribution in [3.63, 3.8) is 0 Å². The summed E-state index contributed by atoms with van der Waals surface area (Å²) in [6, 6.07) is 20.2. The molecule has 1 unspecified atom stereocenters. The van der Waals surface area contributed by atoms with E-state index in [-0.39, 0.29) is 18.0 Å². The zero-order valence-corrected chi connectivity index (χ0v) is 17.3. The van der Waals surface area contributed by atoms with Crippen molar-refractivity contribution in [1.82, 2.24) is 0 Å². The van der Waals surface area contributed by atoms with E-state index < -0.39 is 5.60 Å². The number of amides is 1. The first-order valence-electron chi connectivity index (χ1n) is 9.93. The van der Waals surface area contributed by atoms with E-state index in [1.807, 2.05) is 48.5 Å². The molecule has 0 saturated heterocycles. The Morgan fingerprint density at radius 2 is 1.68 bits per heavy atom. The van der Waals surface area contributed by atoms with Gasteiger partial charge in [0.25, 0.3) is 0 Å². The average Bonchev–Trinajstić information content (AvgIpc) is 2.80. The number of phenolic OH excluding ortho intramolecular Hbond substituents is 1. The van der Waals surface area contributed by atoms with E-state index in [1.165, 1.54) is 6.07 Å². The van der Waals surface area contributed by atoms with Gasteiger partial charge in [0.05, 0.1) is 12.8 Å². The molecule has 7 heteroatoms. The SMILES string of the molecule is COc1ccc(Nc2ccc(CCC(O)(CN)c3ccc(O)c(NC=O)c3)cc2)cc1. The van der Waals surface area contributed by atoms with Gasteiger partial charge in [-0.3, -0.25) is 4.79 Å². The normalized spacial score (nSPS) is 12.6. The summed E-state index contributed by atoms with van der Waals surface area (Å²) in [6.07, 6.45) is 1.47. The molecule has 0 aliphatic rings. The topological polar surface area (TPSA) is 117 Å². The summed E-state index contributed by atoms with van der Waals surface area (Å²) in [5, 5.41) is 26.7. The smallest absolute Gasteiger partial charge is 0.211 e. The second kappa shape index (κ2) is 9.97. The fourth-order valence-electron chi connectivity index (χ4n) is 3.32. The number of benzene rings is 3. The molecule has 1 atom stereocenters. The molecule has 3 rings (SSSR count). The highest BCUT2D eigenvalue weighted by Gasteiger charge is 2.28. The van der Waals surface area contributed by atoms with Crippen LogP contribution in [0.15, 0.2) is 66.7 Å². The standard InChI is InChI=1S/C24H27N3O4/c1-31-21-9-7-20(8-10-21)27-19-5-2-17(3-6-19)12-13-24(30,15-25)18-4-11-23(29)22(14-18)26-16-28/h2-11,14,16,27,29-30H,12-13,15,25H2,1H3,(H,26,28). The number of aromatic hydroxyl groups is 1. The first kappa shape index (κ1) is 22.1. The lowest BCUT2D eigenvalue weighted by molar-refractivity contribution is -0.105. The van der Waals surface area contributed by atoms with Gasteiger partial charge in [-0.2, -0.15) is 0 Å². The second-order valence-electron chi connectivity index (χ2n) is 7.28. The number of aliphatic hydroxyl groups is 1. The van der Waals surface area contributed by atoms with Crippen molar-refractivity contribution in [1.29, 1.82) is 0 Å². The van der Waals surface area contributed by atoms with E-state index in [0.29, 0.717) is 24.8 Å². The first-order chi connectivity index (χ1) is 15.0. The molecular formula is C24H27N3O4. The van der Waals surface area contributed by atoms with Crippen molar-refractivity contribution < 1.29 is 19.7 Å². The van der Waals surface area contributed by atoms with Gasteiger partial charge in [0, 0.05) is 17.9 Å². The molecular weight excluding hydrogens is 394 g/mol. The molecule has 3 aromatic carbocycles. The molecule has 162 valence electrons. The van der Waals surface area contributed by atoms with E-state index >= 15 is 0 Å². The third kappa shape index (κ3) is 5.53. The Labute approximate surface area is 181 Å². The minimum atomic E-state index is -1.28. The van der Waals surface area contributed by atoms with Gasteiger partial charge in [-0.1, -0.05) is 18.2 Å². The van der Waals surface area contributed by atoms with Crippen LogP contribution in [0.5, 0.6) is 11.5 Å². The number of methoxy groups -OCH3 is 1. The van der Waals surface area contributed by atoms with E-state index in [4.69, 9.17) is 10.5 Å². The molecule has 1 amide bonds. The van der Waals surface area contributed by atoms with E-state index in [0.717, 1.165) is 22.7 Å². The molecule has 31 heavy (non-hydrogen) atoms. The molecule has 0 aliphatic heterocycles. The van der Waals surface area contributed by atoms with Gasteiger partial charge >= 0.3 is 0 Å². The molecule has 0 fully saturated rings. The quantitative estimate of drug-likeness (QED) is 0.253. The maximum absolute atomic E-state index is 11.1. The van der Waals surface area contributed by atoms with Crippen LogP contribution in [-0.2, 0) is 16.8 Å². The number of hydrogen-bond acceptors (Lipinski definition) is 6. The Hall–Kier alpha value is -3.55. The van der Waals surface area contributed by atoms with Gasteiger partial charge < -0.3 is 31.3 Å². The number of hydrogen-bond donors (Lipinski definition) is 5. The van der Waals surface area contributed by atoms with E-state index in [1.54, 1.807) is 19.2 Å². The molecule has 6 N–H and O–H groups in total. The van der Waals surface area contributed by atoms with Crippen LogP contribution in [0.3, 0.4) is 0 Å². The van der Waals surface area contributed by atoms with Crippen LogP contribution in [-0.4, -0.2) is 30.3 Å². The lowest BCUT2D eigenvalue weighted by atomic mass is 9.87. The average molecular weight is 421 g/mol. The monoisotopic (exact) mass is 421 g/mol. The third-order valence-corrected chi connectivity index (χ3v) is 5.25. The molecule has 0 aliphatic carbocycles. The van der Waals surface area contributed by atoms with Crippen molar-refractivity contribution in [2.24, 2.45) is 5.73 Å². The van der Waals surface area contributed by atoms with Crippen LogP contribution in [0.25, 0.3) is 0 Å². The summed E-state index contributed by atoms with van der Waals surface area (Å²) >= 11 is 0. The number of rotatable bonds is 10. The molecule has 0 bridgehead atoms. The third-order valence-electron chi connectivity index (χ3n) is 5.25. The molecule has 0 heterocycles. The fraction of sp³-hybridized carbons (Fsp3) is 0.208. The predicted octanol–water partition coefficient (Wildman–Crippen LogP) is 3.49. The summed E-state index contributed by atoms with van der Waals surface area (Å²) in [7, 11) is 1.63. The highest BCUT2D eigenvalue weighted by Crippen LogP contribution is 2.32. The van der Waals surface area contributed by atoms with Crippen molar-refractivity contribution in [3.05, 3.63) is 77.9 Å². The number of ether oxygens (including phenoxy) is 1. The van der Waals surface area contributed by atoms with Gasteiger partial charge in [-0.15, -0.1) is 0 Å². The van der Waals surface area contributed by atoms with E-state index in [9.17, 15) is 15.0 Å². The Morgan fingerprint density at radius 3 is 2.26 bits per heavy atom. The number of phenols is 1. The van der Waals surface area contributed by atoms with Gasteiger partial charge in [0.2, 0.25) is 6.41 Å².